The average molecular weight is 335 g/mol. The third-order valence-electron chi connectivity index (χ3n) is 4.79. The summed E-state index contributed by atoms with van der Waals surface area (Å²) in [6, 6.07) is 5.65. The van der Waals surface area contributed by atoms with Crippen LogP contribution in [0.2, 0.25) is 0 Å². The van der Waals surface area contributed by atoms with Crippen molar-refractivity contribution in [3.8, 4) is 0 Å². The standard InChI is InChI=1S/C17H25N3O4/c1-12(19(2)11-13-7-3-6-10-16(13)21)17(22)18-14-8-4-5-9-15(14)20(23)24/h4-5,8-9,12-13,16,21H,3,6-7,10-11H2,1-2H3,(H,18,22). The number of carbonyl (C=O) groups is 1. The lowest BCUT2D eigenvalue weighted by Gasteiger charge is -2.33. The highest BCUT2D eigenvalue weighted by Gasteiger charge is 2.28. The molecule has 1 aromatic carbocycles. The first-order chi connectivity index (χ1) is 11.4. The van der Waals surface area contributed by atoms with E-state index >= 15 is 0 Å². The van der Waals surface area contributed by atoms with E-state index in [1.807, 2.05) is 11.9 Å². The molecule has 2 N–H and O–H groups in total. The molecule has 2 rings (SSSR count). The summed E-state index contributed by atoms with van der Waals surface area (Å²) in [6.45, 7) is 2.39. The number of para-hydroxylation sites is 2. The number of amides is 1. The first-order valence-corrected chi connectivity index (χ1v) is 8.32. The molecule has 1 saturated carbocycles. The van der Waals surface area contributed by atoms with E-state index in [0.717, 1.165) is 25.7 Å². The Morgan fingerprint density at radius 3 is 2.75 bits per heavy atom. The van der Waals surface area contributed by atoms with E-state index in [4.69, 9.17) is 0 Å². The summed E-state index contributed by atoms with van der Waals surface area (Å²) in [6.07, 6.45) is 3.62. The van der Waals surface area contributed by atoms with Gasteiger partial charge in [-0.15, -0.1) is 0 Å². The van der Waals surface area contributed by atoms with Crippen LogP contribution >= 0.6 is 0 Å². The van der Waals surface area contributed by atoms with Crippen molar-refractivity contribution in [2.24, 2.45) is 5.92 Å². The van der Waals surface area contributed by atoms with Crippen LogP contribution in [-0.4, -0.2) is 46.6 Å². The molecule has 0 spiro atoms. The zero-order chi connectivity index (χ0) is 17.7. The Labute approximate surface area is 141 Å². The van der Waals surface area contributed by atoms with Crippen molar-refractivity contribution >= 4 is 17.3 Å². The molecule has 1 aliphatic carbocycles. The van der Waals surface area contributed by atoms with Crippen LogP contribution in [0.3, 0.4) is 0 Å². The summed E-state index contributed by atoms with van der Waals surface area (Å²) >= 11 is 0. The third kappa shape index (κ3) is 4.52. The van der Waals surface area contributed by atoms with Crippen LogP contribution in [0.4, 0.5) is 11.4 Å². The van der Waals surface area contributed by atoms with E-state index in [-0.39, 0.29) is 29.3 Å². The number of hydrogen-bond donors (Lipinski definition) is 2. The number of nitro groups is 1. The molecule has 1 aromatic rings. The number of nitro benzene ring substituents is 1. The van der Waals surface area contributed by atoms with E-state index in [1.54, 1.807) is 19.1 Å². The quantitative estimate of drug-likeness (QED) is 0.615. The molecule has 7 nitrogen and oxygen atoms in total. The number of carbonyl (C=O) groups excluding carboxylic acids is 1. The molecular formula is C17H25N3O4. The molecule has 0 aromatic heterocycles. The predicted octanol–water partition coefficient (Wildman–Crippen LogP) is 2.40. The highest BCUT2D eigenvalue weighted by molar-refractivity contribution is 5.96. The average Bonchev–Trinajstić information content (AvgIpc) is 2.56. The van der Waals surface area contributed by atoms with Crippen molar-refractivity contribution in [1.82, 2.24) is 4.90 Å². The molecular weight excluding hydrogens is 310 g/mol. The first kappa shape index (κ1) is 18.4. The maximum atomic E-state index is 12.4. The van der Waals surface area contributed by atoms with E-state index in [2.05, 4.69) is 5.32 Å². The number of likely N-dealkylation sites (N-methyl/N-ethyl adjacent to an activating group) is 1. The number of aliphatic hydroxyl groups is 1. The smallest absolute Gasteiger partial charge is 0.292 e. The lowest BCUT2D eigenvalue weighted by molar-refractivity contribution is -0.383. The van der Waals surface area contributed by atoms with Crippen LogP contribution in [0.1, 0.15) is 32.6 Å². The monoisotopic (exact) mass is 335 g/mol. The molecule has 3 atom stereocenters. The minimum absolute atomic E-state index is 0.122. The van der Waals surface area contributed by atoms with Gasteiger partial charge in [0.25, 0.3) is 5.69 Å². The normalized spacial score (nSPS) is 22.2. The van der Waals surface area contributed by atoms with Crippen LogP contribution in [-0.2, 0) is 4.79 Å². The number of benzene rings is 1. The second-order valence-electron chi connectivity index (χ2n) is 6.49. The number of aliphatic hydroxyl groups excluding tert-OH is 1. The van der Waals surface area contributed by atoms with Crippen LogP contribution in [0, 0.1) is 16.0 Å². The van der Waals surface area contributed by atoms with Crippen LogP contribution in [0.25, 0.3) is 0 Å². The fourth-order valence-electron chi connectivity index (χ4n) is 3.10. The second-order valence-corrected chi connectivity index (χ2v) is 6.49. The van der Waals surface area contributed by atoms with Gasteiger partial charge in [0.05, 0.1) is 17.1 Å². The van der Waals surface area contributed by atoms with Gasteiger partial charge < -0.3 is 10.4 Å². The van der Waals surface area contributed by atoms with Gasteiger partial charge >= 0.3 is 0 Å². The molecule has 3 unspecified atom stereocenters. The summed E-state index contributed by atoms with van der Waals surface area (Å²) in [5.41, 5.74) is 0.0776. The van der Waals surface area contributed by atoms with Gasteiger partial charge in [0.15, 0.2) is 0 Å². The molecule has 24 heavy (non-hydrogen) atoms. The first-order valence-electron chi connectivity index (χ1n) is 8.32. The van der Waals surface area contributed by atoms with Gasteiger partial charge in [0, 0.05) is 12.6 Å². The molecule has 7 heteroatoms. The summed E-state index contributed by atoms with van der Waals surface area (Å²) < 4.78 is 0. The van der Waals surface area contributed by atoms with Gasteiger partial charge in [-0.3, -0.25) is 19.8 Å². The number of nitrogens with one attached hydrogen (secondary N) is 1. The molecule has 0 saturated heterocycles. The van der Waals surface area contributed by atoms with Gasteiger partial charge in [0.2, 0.25) is 5.91 Å². The number of rotatable bonds is 6. The summed E-state index contributed by atoms with van der Waals surface area (Å²) in [5.74, 6) is -0.123. The summed E-state index contributed by atoms with van der Waals surface area (Å²) in [7, 11) is 1.84. The van der Waals surface area contributed by atoms with E-state index in [9.17, 15) is 20.0 Å². The van der Waals surface area contributed by atoms with Crippen molar-refractivity contribution in [1.29, 1.82) is 0 Å². The lowest BCUT2D eigenvalue weighted by Crippen LogP contribution is -2.44. The van der Waals surface area contributed by atoms with Crippen molar-refractivity contribution < 1.29 is 14.8 Å². The van der Waals surface area contributed by atoms with E-state index < -0.39 is 11.0 Å². The fourth-order valence-corrected chi connectivity index (χ4v) is 3.10. The number of hydrogen-bond acceptors (Lipinski definition) is 5. The predicted molar refractivity (Wildman–Crippen MR) is 91.8 cm³/mol. The highest BCUT2D eigenvalue weighted by Crippen LogP contribution is 2.26. The van der Waals surface area contributed by atoms with E-state index in [0.29, 0.717) is 6.54 Å². The Morgan fingerprint density at radius 1 is 1.42 bits per heavy atom. The Hall–Kier alpha value is -1.99. The lowest BCUT2D eigenvalue weighted by atomic mass is 9.86. The Kier molecular flexibility index (Phi) is 6.28. The molecule has 0 heterocycles. The minimum atomic E-state index is -0.512. The Balaban J connectivity index is 1.97. The van der Waals surface area contributed by atoms with Crippen LogP contribution < -0.4 is 5.32 Å². The zero-order valence-corrected chi connectivity index (χ0v) is 14.1. The van der Waals surface area contributed by atoms with Crippen molar-refractivity contribution in [2.45, 2.75) is 44.8 Å². The van der Waals surface area contributed by atoms with Gasteiger partial charge in [-0.05, 0) is 38.8 Å². The summed E-state index contributed by atoms with van der Waals surface area (Å²) in [5, 5.41) is 23.7. The molecule has 0 bridgehead atoms. The van der Waals surface area contributed by atoms with Gasteiger partial charge in [-0.2, -0.15) is 0 Å². The molecule has 0 aliphatic heterocycles. The number of nitrogens with zero attached hydrogens (tertiary/aromatic N) is 2. The third-order valence-corrected chi connectivity index (χ3v) is 4.79. The molecule has 132 valence electrons. The van der Waals surface area contributed by atoms with Crippen molar-refractivity contribution in [3.63, 3.8) is 0 Å². The second kappa shape index (κ2) is 8.21. The molecule has 1 amide bonds. The van der Waals surface area contributed by atoms with Crippen LogP contribution in [0.15, 0.2) is 24.3 Å². The largest absolute Gasteiger partial charge is 0.393 e. The zero-order valence-electron chi connectivity index (χ0n) is 14.1. The Morgan fingerprint density at radius 2 is 2.08 bits per heavy atom. The summed E-state index contributed by atoms with van der Waals surface area (Å²) in [4.78, 5) is 24.8. The maximum absolute atomic E-state index is 12.4. The molecule has 1 aliphatic rings. The van der Waals surface area contributed by atoms with Crippen LogP contribution in [0.5, 0.6) is 0 Å². The maximum Gasteiger partial charge on any atom is 0.292 e. The van der Waals surface area contributed by atoms with E-state index in [1.165, 1.54) is 12.1 Å². The number of anilines is 1. The van der Waals surface area contributed by atoms with Gasteiger partial charge in [-0.1, -0.05) is 25.0 Å². The van der Waals surface area contributed by atoms with Crippen molar-refractivity contribution in [3.05, 3.63) is 34.4 Å². The Bertz CT molecular complexity index is 593. The van der Waals surface area contributed by atoms with Crippen molar-refractivity contribution in [2.75, 3.05) is 18.9 Å². The molecule has 1 fully saturated rings. The SMILES string of the molecule is CC(C(=O)Nc1ccccc1[N+](=O)[O-])N(C)CC1CCCCC1O. The minimum Gasteiger partial charge on any atom is -0.393 e. The fraction of sp³-hybridized carbons (Fsp3) is 0.588. The van der Waals surface area contributed by atoms with Gasteiger partial charge in [0.1, 0.15) is 5.69 Å². The highest BCUT2D eigenvalue weighted by atomic mass is 16.6. The topological polar surface area (TPSA) is 95.7 Å². The molecule has 0 radical (unpaired) electrons. The van der Waals surface area contributed by atoms with Gasteiger partial charge in [-0.25, -0.2) is 0 Å².